The van der Waals surface area contributed by atoms with Gasteiger partial charge in [0, 0.05) is 18.4 Å². The number of carbonyl (C=O) groups excluding carboxylic acids is 1. The fourth-order valence-electron chi connectivity index (χ4n) is 2.04. The van der Waals surface area contributed by atoms with E-state index < -0.39 is 6.04 Å². The largest absolute Gasteiger partial charge is 0.480 e. The molecule has 110 valence electrons. The number of ether oxygens (including phenoxy) is 1. The van der Waals surface area contributed by atoms with Crippen LogP contribution in [-0.4, -0.2) is 40.0 Å². The third kappa shape index (κ3) is 3.25. The zero-order valence-electron chi connectivity index (χ0n) is 12.2. The van der Waals surface area contributed by atoms with Gasteiger partial charge in [-0.1, -0.05) is 13.8 Å². The highest BCUT2D eigenvalue weighted by Crippen LogP contribution is 2.30. The zero-order valence-corrected chi connectivity index (χ0v) is 12.2. The van der Waals surface area contributed by atoms with Crippen LogP contribution in [0.25, 0.3) is 0 Å². The molecule has 0 aromatic carbocycles. The smallest absolute Gasteiger partial charge is 0.240 e. The van der Waals surface area contributed by atoms with E-state index >= 15 is 0 Å². The van der Waals surface area contributed by atoms with Crippen LogP contribution >= 0.6 is 0 Å². The van der Waals surface area contributed by atoms with Gasteiger partial charge in [-0.05, 0) is 18.8 Å². The molecule has 0 unspecified atom stereocenters. The van der Waals surface area contributed by atoms with Crippen LogP contribution < -0.4 is 10.5 Å². The summed E-state index contributed by atoms with van der Waals surface area (Å²) in [6.45, 7) is 4.31. The number of nitrogens with two attached hydrogens (primary N) is 1. The average Bonchev–Trinajstić information content (AvgIpc) is 3.28. The van der Waals surface area contributed by atoms with Gasteiger partial charge >= 0.3 is 0 Å². The number of methoxy groups -OCH3 is 1. The molecule has 1 saturated carbocycles. The average molecular weight is 278 g/mol. The minimum atomic E-state index is -0.474. The first kappa shape index (κ1) is 14.7. The lowest BCUT2D eigenvalue weighted by atomic mass is 10.0. The van der Waals surface area contributed by atoms with Gasteiger partial charge in [-0.15, -0.1) is 0 Å². The molecule has 1 amide bonds. The maximum absolute atomic E-state index is 12.5. The lowest BCUT2D eigenvalue weighted by Crippen LogP contribution is -2.47. The van der Waals surface area contributed by atoms with E-state index in [9.17, 15) is 4.79 Å². The van der Waals surface area contributed by atoms with E-state index in [1.54, 1.807) is 19.5 Å². The highest BCUT2D eigenvalue weighted by atomic mass is 16.5. The molecule has 0 saturated heterocycles. The molecule has 0 aliphatic heterocycles. The fourth-order valence-corrected chi connectivity index (χ4v) is 2.04. The number of aromatic nitrogens is 2. The van der Waals surface area contributed by atoms with Crippen LogP contribution in [0.5, 0.6) is 5.88 Å². The van der Waals surface area contributed by atoms with Crippen molar-refractivity contribution in [2.45, 2.75) is 45.3 Å². The third-order valence-electron chi connectivity index (χ3n) is 3.52. The summed E-state index contributed by atoms with van der Waals surface area (Å²) >= 11 is 0. The summed E-state index contributed by atoms with van der Waals surface area (Å²) < 4.78 is 5.19. The van der Waals surface area contributed by atoms with Crippen LogP contribution in [0.2, 0.25) is 0 Å². The first-order chi connectivity index (χ1) is 9.54. The molecule has 6 nitrogen and oxygen atoms in total. The lowest BCUT2D eigenvalue weighted by Gasteiger charge is -2.27. The van der Waals surface area contributed by atoms with E-state index in [2.05, 4.69) is 9.97 Å². The Kier molecular flexibility index (Phi) is 4.54. The second kappa shape index (κ2) is 6.17. The molecule has 1 fully saturated rings. The van der Waals surface area contributed by atoms with Crippen LogP contribution in [-0.2, 0) is 11.3 Å². The highest BCUT2D eigenvalue weighted by Gasteiger charge is 2.36. The first-order valence-corrected chi connectivity index (χ1v) is 6.94. The normalized spacial score (nSPS) is 16.1. The number of nitrogens with zero attached hydrogens (tertiary/aromatic N) is 3. The van der Waals surface area contributed by atoms with Crippen molar-refractivity contribution < 1.29 is 9.53 Å². The SMILES string of the molecule is COc1nccnc1CN(C(=O)[C@@H](N)C(C)C)C1CC1. The van der Waals surface area contributed by atoms with E-state index in [4.69, 9.17) is 10.5 Å². The Labute approximate surface area is 119 Å². The second-order valence-corrected chi connectivity index (χ2v) is 5.48. The molecular formula is C14H22N4O2. The minimum Gasteiger partial charge on any atom is -0.480 e. The zero-order chi connectivity index (χ0) is 14.7. The number of carbonyl (C=O) groups is 1. The summed E-state index contributed by atoms with van der Waals surface area (Å²) in [6.07, 6.45) is 5.24. The monoisotopic (exact) mass is 278 g/mol. The van der Waals surface area contributed by atoms with Crippen LogP contribution in [0.4, 0.5) is 0 Å². The van der Waals surface area contributed by atoms with Crippen LogP contribution in [0.15, 0.2) is 12.4 Å². The molecular weight excluding hydrogens is 256 g/mol. The van der Waals surface area contributed by atoms with Gasteiger partial charge in [0.15, 0.2) is 0 Å². The van der Waals surface area contributed by atoms with Gasteiger partial charge in [0.1, 0.15) is 5.69 Å². The van der Waals surface area contributed by atoms with Gasteiger partial charge in [0.05, 0.1) is 19.7 Å². The predicted octanol–water partition coefficient (Wildman–Crippen LogP) is 0.959. The molecule has 1 aliphatic rings. The van der Waals surface area contributed by atoms with Gasteiger partial charge in [-0.2, -0.15) is 0 Å². The molecule has 2 rings (SSSR count). The Hall–Kier alpha value is -1.69. The predicted molar refractivity (Wildman–Crippen MR) is 75.0 cm³/mol. The van der Waals surface area contributed by atoms with Crippen molar-refractivity contribution >= 4 is 5.91 Å². The Balaban J connectivity index is 2.16. The summed E-state index contributed by atoms with van der Waals surface area (Å²) in [5.74, 6) is 0.562. The number of hydrogen-bond donors (Lipinski definition) is 1. The molecule has 1 heterocycles. The van der Waals surface area contributed by atoms with Crippen molar-refractivity contribution in [2.24, 2.45) is 11.7 Å². The van der Waals surface area contributed by atoms with Gasteiger partial charge in [0.2, 0.25) is 11.8 Å². The Morgan fingerprint density at radius 2 is 2.10 bits per heavy atom. The number of hydrogen-bond acceptors (Lipinski definition) is 5. The molecule has 1 aromatic rings. The van der Waals surface area contributed by atoms with Gasteiger partial charge in [-0.25, -0.2) is 4.98 Å². The summed E-state index contributed by atoms with van der Waals surface area (Å²) in [7, 11) is 1.55. The van der Waals surface area contributed by atoms with E-state index in [-0.39, 0.29) is 17.9 Å². The molecule has 1 aliphatic carbocycles. The highest BCUT2D eigenvalue weighted by molar-refractivity contribution is 5.82. The molecule has 6 heteroatoms. The standard InChI is InChI=1S/C14H22N4O2/c1-9(2)12(15)14(19)18(10-4-5-10)8-11-13(20-3)17-7-6-16-11/h6-7,9-10,12H,4-5,8,15H2,1-3H3/t12-/m0/s1. The molecule has 20 heavy (non-hydrogen) atoms. The number of rotatable bonds is 6. The van der Waals surface area contributed by atoms with Crippen molar-refractivity contribution in [3.05, 3.63) is 18.1 Å². The molecule has 1 atom stereocenters. The van der Waals surface area contributed by atoms with E-state index in [1.165, 1.54) is 0 Å². The number of amides is 1. The topological polar surface area (TPSA) is 81.3 Å². The Morgan fingerprint density at radius 1 is 1.45 bits per heavy atom. The maximum Gasteiger partial charge on any atom is 0.240 e. The van der Waals surface area contributed by atoms with Crippen molar-refractivity contribution in [2.75, 3.05) is 7.11 Å². The third-order valence-corrected chi connectivity index (χ3v) is 3.52. The molecule has 0 bridgehead atoms. The summed E-state index contributed by atoms with van der Waals surface area (Å²) in [5, 5.41) is 0. The Bertz CT molecular complexity index is 474. The van der Waals surface area contributed by atoms with Crippen molar-refractivity contribution in [1.82, 2.24) is 14.9 Å². The van der Waals surface area contributed by atoms with E-state index in [0.29, 0.717) is 18.1 Å². The summed E-state index contributed by atoms with van der Waals surface area (Å²) in [6, 6.07) is -0.197. The van der Waals surface area contributed by atoms with Crippen LogP contribution in [0, 0.1) is 5.92 Å². The van der Waals surface area contributed by atoms with Gasteiger partial charge in [-0.3, -0.25) is 9.78 Å². The molecule has 2 N–H and O–H groups in total. The van der Waals surface area contributed by atoms with Crippen molar-refractivity contribution in [3.63, 3.8) is 0 Å². The van der Waals surface area contributed by atoms with E-state index in [0.717, 1.165) is 12.8 Å². The van der Waals surface area contributed by atoms with Crippen molar-refractivity contribution in [1.29, 1.82) is 0 Å². The quantitative estimate of drug-likeness (QED) is 0.838. The van der Waals surface area contributed by atoms with Crippen LogP contribution in [0.3, 0.4) is 0 Å². The minimum absolute atomic E-state index is 0.0183. The molecule has 1 aromatic heterocycles. The fraction of sp³-hybridized carbons (Fsp3) is 0.643. The summed E-state index contributed by atoms with van der Waals surface area (Å²) in [5.41, 5.74) is 6.66. The van der Waals surface area contributed by atoms with Gasteiger partial charge in [0.25, 0.3) is 0 Å². The molecule has 0 radical (unpaired) electrons. The lowest BCUT2D eigenvalue weighted by molar-refractivity contribution is -0.134. The first-order valence-electron chi connectivity index (χ1n) is 6.94. The Morgan fingerprint density at radius 3 is 2.65 bits per heavy atom. The van der Waals surface area contributed by atoms with Crippen molar-refractivity contribution in [3.8, 4) is 5.88 Å². The van der Waals surface area contributed by atoms with Crippen LogP contribution in [0.1, 0.15) is 32.4 Å². The second-order valence-electron chi connectivity index (χ2n) is 5.48. The van der Waals surface area contributed by atoms with Gasteiger partial charge < -0.3 is 15.4 Å². The van der Waals surface area contributed by atoms with E-state index in [1.807, 2.05) is 18.7 Å². The summed E-state index contributed by atoms with van der Waals surface area (Å²) in [4.78, 5) is 22.7. The maximum atomic E-state index is 12.5. The molecule has 0 spiro atoms.